The molecule has 2 aromatic rings. The van der Waals surface area contributed by atoms with E-state index in [4.69, 9.17) is 14.3 Å². The first kappa shape index (κ1) is 13.0. The van der Waals surface area contributed by atoms with E-state index in [1.807, 2.05) is 0 Å². The van der Waals surface area contributed by atoms with E-state index in [1.165, 1.54) is 37.6 Å². The maximum Gasteiger partial charge on any atom is 0.339 e. The first-order chi connectivity index (χ1) is 9.04. The molecular formula is C13H12O6. The average Bonchev–Trinajstić information content (AvgIpc) is 2.87. The van der Waals surface area contributed by atoms with Gasteiger partial charge in [0, 0.05) is 0 Å². The summed E-state index contributed by atoms with van der Waals surface area (Å²) in [5.41, 5.74) is 0.242. The molecule has 1 aromatic carbocycles. The third-order valence-corrected chi connectivity index (χ3v) is 2.69. The van der Waals surface area contributed by atoms with Gasteiger partial charge < -0.3 is 24.5 Å². The third kappa shape index (κ3) is 2.38. The number of aliphatic hydroxyl groups is 1. The van der Waals surface area contributed by atoms with Crippen molar-refractivity contribution in [1.82, 2.24) is 0 Å². The predicted octanol–water partition coefficient (Wildman–Crippen LogP) is 1.77. The lowest BCUT2D eigenvalue weighted by Crippen LogP contribution is -2.05. The Morgan fingerprint density at radius 2 is 2.11 bits per heavy atom. The summed E-state index contributed by atoms with van der Waals surface area (Å²) in [4.78, 5) is 11.0. The van der Waals surface area contributed by atoms with Gasteiger partial charge in [0.1, 0.15) is 11.7 Å². The van der Waals surface area contributed by atoms with Gasteiger partial charge in [0.2, 0.25) is 0 Å². The van der Waals surface area contributed by atoms with Crippen molar-refractivity contribution in [2.24, 2.45) is 0 Å². The number of aliphatic hydroxyl groups excluding tert-OH is 1. The number of carboxylic acid groups (broad SMARTS) is 1. The minimum atomic E-state index is -1.25. The maximum atomic E-state index is 11.0. The van der Waals surface area contributed by atoms with Crippen LogP contribution >= 0.6 is 0 Å². The quantitative estimate of drug-likeness (QED) is 0.778. The number of ether oxygens (including phenoxy) is 1. The average molecular weight is 264 g/mol. The lowest BCUT2D eigenvalue weighted by molar-refractivity contribution is 0.0687. The molecule has 0 spiro atoms. The molecule has 3 N–H and O–H groups in total. The zero-order chi connectivity index (χ0) is 14.0. The molecule has 0 fully saturated rings. The molecule has 0 aliphatic rings. The Hall–Kier alpha value is -2.47. The van der Waals surface area contributed by atoms with Gasteiger partial charge in [-0.3, -0.25) is 0 Å². The molecule has 1 aromatic heterocycles. The molecule has 0 amide bonds. The van der Waals surface area contributed by atoms with Crippen molar-refractivity contribution in [2.45, 2.75) is 6.10 Å². The summed E-state index contributed by atoms with van der Waals surface area (Å²) in [6.45, 7) is 0. The van der Waals surface area contributed by atoms with Crippen molar-refractivity contribution in [3.8, 4) is 11.5 Å². The highest BCUT2D eigenvalue weighted by atomic mass is 16.5. The number of carboxylic acids is 1. The van der Waals surface area contributed by atoms with Crippen LogP contribution in [0.4, 0.5) is 0 Å². The van der Waals surface area contributed by atoms with Crippen LogP contribution in [0.2, 0.25) is 0 Å². The Bertz CT molecular complexity index is 601. The van der Waals surface area contributed by atoms with Gasteiger partial charge in [0.25, 0.3) is 0 Å². The van der Waals surface area contributed by atoms with E-state index in [0.717, 1.165) is 0 Å². The highest BCUT2D eigenvalue weighted by molar-refractivity contribution is 5.88. The van der Waals surface area contributed by atoms with Crippen molar-refractivity contribution in [1.29, 1.82) is 0 Å². The second kappa shape index (κ2) is 5.03. The monoisotopic (exact) mass is 264 g/mol. The first-order valence-corrected chi connectivity index (χ1v) is 5.40. The summed E-state index contributed by atoms with van der Waals surface area (Å²) >= 11 is 0. The number of phenols is 1. The van der Waals surface area contributed by atoms with Crippen molar-refractivity contribution < 1.29 is 29.3 Å². The minimum Gasteiger partial charge on any atom is -0.504 e. The van der Waals surface area contributed by atoms with Crippen LogP contribution in [0.5, 0.6) is 11.5 Å². The fraction of sp³-hybridized carbons (Fsp3) is 0.154. The molecule has 0 bridgehead atoms. The first-order valence-electron chi connectivity index (χ1n) is 5.40. The molecule has 0 aliphatic carbocycles. The molecule has 0 saturated carbocycles. The summed E-state index contributed by atoms with van der Waals surface area (Å²) < 4.78 is 9.93. The van der Waals surface area contributed by atoms with E-state index in [9.17, 15) is 15.0 Å². The molecular weight excluding hydrogens is 252 g/mol. The van der Waals surface area contributed by atoms with Gasteiger partial charge in [-0.1, -0.05) is 6.07 Å². The second-order valence-corrected chi connectivity index (χ2v) is 3.84. The molecule has 19 heavy (non-hydrogen) atoms. The van der Waals surface area contributed by atoms with Gasteiger partial charge >= 0.3 is 5.97 Å². The molecule has 100 valence electrons. The van der Waals surface area contributed by atoms with Crippen LogP contribution in [0.25, 0.3) is 0 Å². The summed E-state index contributed by atoms with van der Waals surface area (Å²) in [7, 11) is 1.38. The van der Waals surface area contributed by atoms with E-state index < -0.39 is 12.1 Å². The highest BCUT2D eigenvalue weighted by Gasteiger charge is 2.23. The Balaban J connectivity index is 2.41. The molecule has 2 rings (SSSR count). The van der Waals surface area contributed by atoms with Gasteiger partial charge in [-0.05, 0) is 23.8 Å². The molecule has 1 heterocycles. The number of phenolic OH excluding ortho intramolecular Hbond substituents is 1. The normalized spacial score (nSPS) is 12.1. The van der Waals surface area contributed by atoms with E-state index in [1.54, 1.807) is 0 Å². The van der Waals surface area contributed by atoms with Crippen LogP contribution in [0.1, 0.15) is 27.8 Å². The summed E-state index contributed by atoms with van der Waals surface area (Å²) in [5.74, 6) is -1.15. The summed E-state index contributed by atoms with van der Waals surface area (Å²) in [5, 5.41) is 28.6. The number of benzene rings is 1. The van der Waals surface area contributed by atoms with Crippen LogP contribution < -0.4 is 4.74 Å². The summed E-state index contributed by atoms with van der Waals surface area (Å²) in [6.07, 6.45) is -0.0600. The Morgan fingerprint density at radius 1 is 1.37 bits per heavy atom. The Kier molecular flexibility index (Phi) is 3.43. The fourth-order valence-corrected chi connectivity index (χ4v) is 1.73. The molecule has 6 heteroatoms. The van der Waals surface area contributed by atoms with Gasteiger partial charge in [-0.15, -0.1) is 0 Å². The van der Waals surface area contributed by atoms with Gasteiger partial charge in [0.05, 0.1) is 13.4 Å². The molecule has 6 nitrogen and oxygen atoms in total. The van der Waals surface area contributed by atoms with Crippen LogP contribution in [-0.4, -0.2) is 28.4 Å². The SMILES string of the molecule is COc1cc(C(O)c2occc2C(=O)O)ccc1O. The van der Waals surface area contributed by atoms with Crippen LogP contribution in [0.3, 0.4) is 0 Å². The van der Waals surface area contributed by atoms with Gasteiger partial charge in [-0.25, -0.2) is 4.79 Å². The number of methoxy groups -OCH3 is 1. The van der Waals surface area contributed by atoms with E-state index >= 15 is 0 Å². The van der Waals surface area contributed by atoms with Gasteiger partial charge in [0.15, 0.2) is 17.3 Å². The number of aromatic hydroxyl groups is 1. The lowest BCUT2D eigenvalue weighted by Gasteiger charge is -2.11. The standard InChI is InChI=1S/C13H12O6/c1-18-10-6-7(2-3-9(10)14)11(15)12-8(13(16)17)4-5-19-12/h2-6,11,14-15H,1H3,(H,16,17). The Labute approximate surface area is 108 Å². The molecule has 1 unspecified atom stereocenters. The topological polar surface area (TPSA) is 100 Å². The van der Waals surface area contributed by atoms with Crippen LogP contribution in [0.15, 0.2) is 34.9 Å². The highest BCUT2D eigenvalue weighted by Crippen LogP contribution is 2.32. The van der Waals surface area contributed by atoms with E-state index in [2.05, 4.69) is 0 Å². The van der Waals surface area contributed by atoms with Gasteiger partial charge in [-0.2, -0.15) is 0 Å². The van der Waals surface area contributed by atoms with Crippen molar-refractivity contribution in [3.05, 3.63) is 47.4 Å². The zero-order valence-corrected chi connectivity index (χ0v) is 10.0. The van der Waals surface area contributed by atoms with E-state index in [-0.39, 0.29) is 22.8 Å². The number of hydrogen-bond donors (Lipinski definition) is 3. The number of aromatic carboxylic acids is 1. The van der Waals surface area contributed by atoms with Crippen molar-refractivity contribution in [2.75, 3.05) is 7.11 Å². The number of hydrogen-bond acceptors (Lipinski definition) is 5. The fourth-order valence-electron chi connectivity index (χ4n) is 1.73. The van der Waals surface area contributed by atoms with Crippen LogP contribution in [-0.2, 0) is 0 Å². The second-order valence-electron chi connectivity index (χ2n) is 3.84. The number of rotatable bonds is 4. The van der Waals surface area contributed by atoms with Crippen molar-refractivity contribution in [3.63, 3.8) is 0 Å². The Morgan fingerprint density at radius 3 is 2.74 bits per heavy atom. The lowest BCUT2D eigenvalue weighted by atomic mass is 10.0. The molecule has 0 radical (unpaired) electrons. The smallest absolute Gasteiger partial charge is 0.339 e. The molecule has 0 saturated heterocycles. The molecule has 0 aliphatic heterocycles. The minimum absolute atomic E-state index is 0.0692. The predicted molar refractivity (Wildman–Crippen MR) is 64.4 cm³/mol. The zero-order valence-electron chi connectivity index (χ0n) is 10.0. The third-order valence-electron chi connectivity index (χ3n) is 2.69. The molecule has 1 atom stereocenters. The number of furan rings is 1. The maximum absolute atomic E-state index is 11.0. The van der Waals surface area contributed by atoms with Crippen LogP contribution in [0, 0.1) is 0 Å². The summed E-state index contributed by atoms with van der Waals surface area (Å²) in [6, 6.07) is 5.48. The van der Waals surface area contributed by atoms with E-state index in [0.29, 0.717) is 5.56 Å². The van der Waals surface area contributed by atoms with Crippen molar-refractivity contribution >= 4 is 5.97 Å². The number of carbonyl (C=O) groups is 1. The largest absolute Gasteiger partial charge is 0.504 e.